The van der Waals surface area contributed by atoms with Crippen LogP contribution in [0, 0.1) is 11.3 Å². The van der Waals surface area contributed by atoms with Gasteiger partial charge in [-0.15, -0.1) is 0 Å². The van der Waals surface area contributed by atoms with E-state index < -0.39 is 0 Å². The molecule has 0 amide bonds. The van der Waals surface area contributed by atoms with Gasteiger partial charge in [-0.05, 0) is 17.8 Å². The van der Waals surface area contributed by atoms with E-state index >= 15 is 0 Å². The summed E-state index contributed by atoms with van der Waals surface area (Å²) < 4.78 is 0. The van der Waals surface area contributed by atoms with E-state index in [1.54, 1.807) is 24.7 Å². The summed E-state index contributed by atoms with van der Waals surface area (Å²) >= 11 is 1.28. The summed E-state index contributed by atoms with van der Waals surface area (Å²) in [6.45, 7) is 0. The maximum Gasteiger partial charge on any atom is 0.121 e. The lowest BCUT2D eigenvalue weighted by Crippen LogP contribution is -1.92. The molecule has 0 atom stereocenters. The summed E-state index contributed by atoms with van der Waals surface area (Å²) in [5.74, 6) is 0. The molecule has 2 aromatic rings. The van der Waals surface area contributed by atoms with Crippen LogP contribution in [0.5, 0.6) is 0 Å². The Kier molecular flexibility index (Phi) is 2.98. The molecule has 0 saturated heterocycles. The minimum atomic E-state index is 0.440. The van der Waals surface area contributed by atoms with E-state index in [4.69, 9.17) is 11.0 Å². The highest BCUT2D eigenvalue weighted by atomic mass is 32.2. The number of nitriles is 1. The maximum atomic E-state index is 8.93. The molecule has 0 aromatic carbocycles. The molecule has 16 heavy (non-hydrogen) atoms. The number of anilines is 1. The summed E-state index contributed by atoms with van der Waals surface area (Å²) in [5.41, 5.74) is 6.46. The lowest BCUT2D eigenvalue weighted by molar-refractivity contribution is 1.04. The molecule has 6 heteroatoms. The quantitative estimate of drug-likeness (QED) is 0.839. The van der Waals surface area contributed by atoms with Crippen molar-refractivity contribution in [3.63, 3.8) is 0 Å². The zero-order chi connectivity index (χ0) is 11.4. The van der Waals surface area contributed by atoms with Crippen LogP contribution < -0.4 is 5.73 Å². The minimum Gasteiger partial charge on any atom is -0.397 e. The van der Waals surface area contributed by atoms with Gasteiger partial charge < -0.3 is 5.73 Å². The average molecular weight is 229 g/mol. The fourth-order valence-corrected chi connectivity index (χ4v) is 1.81. The first-order valence-corrected chi connectivity index (χ1v) is 5.21. The smallest absolute Gasteiger partial charge is 0.121 e. The second-order valence-electron chi connectivity index (χ2n) is 2.88. The normalized spacial score (nSPS) is 9.69. The highest BCUT2D eigenvalue weighted by Gasteiger charge is 2.07. The van der Waals surface area contributed by atoms with Crippen molar-refractivity contribution in [2.45, 2.75) is 10.1 Å². The summed E-state index contributed by atoms with van der Waals surface area (Å²) in [5, 5.41) is 10.2. The largest absolute Gasteiger partial charge is 0.397 e. The molecular weight excluding hydrogens is 222 g/mol. The number of hydrogen-bond acceptors (Lipinski definition) is 6. The Morgan fingerprint density at radius 1 is 1.25 bits per heavy atom. The van der Waals surface area contributed by atoms with Gasteiger partial charge in [-0.1, -0.05) is 0 Å². The van der Waals surface area contributed by atoms with Gasteiger partial charge in [0, 0.05) is 12.4 Å². The predicted octanol–water partition coefficient (Wildman–Crippen LogP) is 1.48. The van der Waals surface area contributed by atoms with Crippen molar-refractivity contribution in [1.29, 1.82) is 5.26 Å². The molecule has 2 N–H and O–H groups in total. The SMILES string of the molecule is N#Cc1cc(N)cnc1Sc1cnccn1. The Morgan fingerprint density at radius 3 is 2.81 bits per heavy atom. The zero-order valence-electron chi connectivity index (χ0n) is 8.16. The Morgan fingerprint density at radius 2 is 2.12 bits per heavy atom. The molecule has 0 fully saturated rings. The average Bonchev–Trinajstić information content (AvgIpc) is 2.33. The third kappa shape index (κ3) is 2.27. The van der Waals surface area contributed by atoms with E-state index in [9.17, 15) is 0 Å². The van der Waals surface area contributed by atoms with Crippen LogP contribution in [0.4, 0.5) is 5.69 Å². The highest BCUT2D eigenvalue weighted by Crippen LogP contribution is 2.26. The molecule has 0 radical (unpaired) electrons. The van der Waals surface area contributed by atoms with Gasteiger partial charge in [0.05, 0.1) is 23.6 Å². The fourth-order valence-electron chi connectivity index (χ4n) is 1.07. The first kappa shape index (κ1) is 10.4. The van der Waals surface area contributed by atoms with Crippen LogP contribution in [0.15, 0.2) is 40.9 Å². The lowest BCUT2D eigenvalue weighted by atomic mass is 10.3. The van der Waals surface area contributed by atoms with E-state index in [2.05, 4.69) is 15.0 Å². The summed E-state index contributed by atoms with van der Waals surface area (Å²) in [6, 6.07) is 3.63. The monoisotopic (exact) mass is 229 g/mol. The molecule has 0 saturated carbocycles. The van der Waals surface area contributed by atoms with Gasteiger partial charge in [0.25, 0.3) is 0 Å². The fraction of sp³-hybridized carbons (Fsp3) is 0. The van der Waals surface area contributed by atoms with Gasteiger partial charge in [-0.2, -0.15) is 5.26 Å². The Bertz CT molecular complexity index is 535. The number of pyridine rings is 1. The van der Waals surface area contributed by atoms with Gasteiger partial charge in [0.15, 0.2) is 0 Å². The molecule has 5 nitrogen and oxygen atoms in total. The molecule has 78 valence electrons. The number of aromatic nitrogens is 3. The number of nitrogens with two attached hydrogens (primary N) is 1. The van der Waals surface area contributed by atoms with Crippen molar-refractivity contribution < 1.29 is 0 Å². The Labute approximate surface area is 96.4 Å². The number of rotatable bonds is 2. The minimum absolute atomic E-state index is 0.440. The van der Waals surface area contributed by atoms with Gasteiger partial charge in [-0.25, -0.2) is 9.97 Å². The van der Waals surface area contributed by atoms with Crippen LogP contribution in [0.3, 0.4) is 0 Å². The lowest BCUT2D eigenvalue weighted by Gasteiger charge is -2.02. The third-order valence-corrected chi connectivity index (χ3v) is 2.67. The maximum absolute atomic E-state index is 8.93. The van der Waals surface area contributed by atoms with Crippen LogP contribution >= 0.6 is 11.8 Å². The summed E-state index contributed by atoms with van der Waals surface area (Å²) in [6.07, 6.45) is 6.31. The number of nitrogen functional groups attached to an aromatic ring is 1. The predicted molar refractivity (Wildman–Crippen MR) is 59.5 cm³/mol. The Balaban J connectivity index is 2.32. The van der Waals surface area contributed by atoms with Crippen molar-refractivity contribution in [3.05, 3.63) is 36.4 Å². The van der Waals surface area contributed by atoms with Crippen molar-refractivity contribution in [2.24, 2.45) is 0 Å². The molecule has 0 spiro atoms. The Hall–Kier alpha value is -2.13. The number of hydrogen-bond donors (Lipinski definition) is 1. The van der Waals surface area contributed by atoms with Crippen LogP contribution in [0.1, 0.15) is 5.56 Å². The van der Waals surface area contributed by atoms with Crippen molar-refractivity contribution in [1.82, 2.24) is 15.0 Å². The second-order valence-corrected chi connectivity index (χ2v) is 3.89. The van der Waals surface area contributed by atoms with E-state index in [0.29, 0.717) is 21.3 Å². The van der Waals surface area contributed by atoms with E-state index in [1.165, 1.54) is 18.0 Å². The second kappa shape index (κ2) is 4.59. The van der Waals surface area contributed by atoms with Crippen LogP contribution in [0.25, 0.3) is 0 Å². The molecule has 2 heterocycles. The molecule has 0 aliphatic carbocycles. The standard InChI is InChI=1S/C10H7N5S/c11-4-7-3-8(12)5-15-10(7)16-9-6-13-1-2-14-9/h1-3,5-6H,12H2. The molecule has 0 aliphatic heterocycles. The molecular formula is C10H7N5S. The van der Waals surface area contributed by atoms with E-state index in [1.807, 2.05) is 6.07 Å². The van der Waals surface area contributed by atoms with Crippen LogP contribution in [0.2, 0.25) is 0 Å². The van der Waals surface area contributed by atoms with Crippen molar-refractivity contribution >= 4 is 17.4 Å². The van der Waals surface area contributed by atoms with Crippen LogP contribution in [-0.4, -0.2) is 15.0 Å². The third-order valence-electron chi connectivity index (χ3n) is 1.73. The molecule has 0 aliphatic rings. The first-order valence-electron chi connectivity index (χ1n) is 4.39. The van der Waals surface area contributed by atoms with E-state index in [-0.39, 0.29) is 0 Å². The molecule has 0 bridgehead atoms. The van der Waals surface area contributed by atoms with E-state index in [0.717, 1.165) is 0 Å². The number of nitrogens with zero attached hydrogens (tertiary/aromatic N) is 4. The molecule has 0 unspecified atom stereocenters. The molecule has 2 aromatic heterocycles. The highest BCUT2D eigenvalue weighted by molar-refractivity contribution is 7.99. The van der Waals surface area contributed by atoms with Gasteiger partial charge in [0.2, 0.25) is 0 Å². The van der Waals surface area contributed by atoms with Gasteiger partial charge >= 0.3 is 0 Å². The van der Waals surface area contributed by atoms with Gasteiger partial charge in [-0.3, -0.25) is 4.98 Å². The summed E-state index contributed by atoms with van der Waals surface area (Å²) in [4.78, 5) is 12.1. The van der Waals surface area contributed by atoms with Gasteiger partial charge in [0.1, 0.15) is 16.1 Å². The van der Waals surface area contributed by atoms with Crippen molar-refractivity contribution in [2.75, 3.05) is 5.73 Å². The van der Waals surface area contributed by atoms with Crippen LogP contribution in [-0.2, 0) is 0 Å². The molecule has 2 rings (SSSR count). The first-order chi connectivity index (χ1) is 7.79. The topological polar surface area (TPSA) is 88.5 Å². The summed E-state index contributed by atoms with van der Waals surface area (Å²) in [7, 11) is 0. The van der Waals surface area contributed by atoms with Crippen molar-refractivity contribution in [3.8, 4) is 6.07 Å². The zero-order valence-corrected chi connectivity index (χ0v) is 8.98.